The summed E-state index contributed by atoms with van der Waals surface area (Å²) in [4.78, 5) is 36.4. The molecule has 2 heterocycles. The molecule has 1 aliphatic rings. The second kappa shape index (κ2) is 6.53. The highest BCUT2D eigenvalue weighted by molar-refractivity contribution is 6.01. The van der Waals surface area contributed by atoms with E-state index in [0.717, 1.165) is 4.90 Å². The summed E-state index contributed by atoms with van der Waals surface area (Å²) >= 11 is 0. The Labute approximate surface area is 137 Å². The van der Waals surface area contributed by atoms with E-state index in [4.69, 9.17) is 9.26 Å². The van der Waals surface area contributed by atoms with Gasteiger partial charge in [0, 0.05) is 6.07 Å². The number of imide groups is 1. The van der Waals surface area contributed by atoms with Crippen molar-refractivity contribution in [2.24, 2.45) is 0 Å². The molecular formula is C16H15N3O5. The number of rotatable bonds is 5. The number of hydrogen-bond acceptors (Lipinski definition) is 6. The lowest BCUT2D eigenvalue weighted by Gasteiger charge is -2.12. The molecule has 1 N–H and O–H groups in total. The Bertz CT molecular complexity index is 783. The molecule has 3 rings (SSSR count). The molecule has 0 bridgehead atoms. The summed E-state index contributed by atoms with van der Waals surface area (Å²) in [5, 5.41) is 6.19. The largest absolute Gasteiger partial charge is 0.455 e. The van der Waals surface area contributed by atoms with E-state index >= 15 is 0 Å². The van der Waals surface area contributed by atoms with Crippen molar-refractivity contribution in [2.45, 2.75) is 20.1 Å². The van der Waals surface area contributed by atoms with Gasteiger partial charge in [0.15, 0.2) is 0 Å². The molecule has 0 aliphatic carbocycles. The van der Waals surface area contributed by atoms with E-state index < -0.39 is 12.0 Å². The smallest absolute Gasteiger partial charge is 0.338 e. The molecule has 2 aromatic rings. The third-order valence-electron chi connectivity index (χ3n) is 3.47. The second-order valence-corrected chi connectivity index (χ2v) is 5.34. The lowest BCUT2D eigenvalue weighted by molar-refractivity contribution is -0.125. The number of nitrogens with zero attached hydrogens (tertiary/aromatic N) is 2. The number of aromatic nitrogens is 1. The topological polar surface area (TPSA) is 102 Å². The highest BCUT2D eigenvalue weighted by atomic mass is 16.5. The number of ether oxygens (including phenoxy) is 1. The van der Waals surface area contributed by atoms with Crippen LogP contribution in [0.4, 0.5) is 4.79 Å². The predicted molar refractivity (Wildman–Crippen MR) is 80.8 cm³/mol. The first kappa shape index (κ1) is 15.7. The summed E-state index contributed by atoms with van der Waals surface area (Å²) in [5.74, 6) is -0.180. The van der Waals surface area contributed by atoms with Gasteiger partial charge in [0.05, 0.1) is 18.7 Å². The van der Waals surface area contributed by atoms with Gasteiger partial charge >= 0.3 is 12.0 Å². The van der Waals surface area contributed by atoms with Crippen LogP contribution < -0.4 is 5.32 Å². The molecule has 0 spiro atoms. The van der Waals surface area contributed by atoms with Crippen LogP contribution in [0.2, 0.25) is 0 Å². The van der Waals surface area contributed by atoms with Crippen LogP contribution in [0.15, 0.2) is 34.9 Å². The van der Waals surface area contributed by atoms with Crippen LogP contribution in [0.25, 0.3) is 0 Å². The number of nitrogens with one attached hydrogen (secondary N) is 1. The Morgan fingerprint density at radius 2 is 2.21 bits per heavy atom. The Morgan fingerprint density at radius 1 is 1.38 bits per heavy atom. The fraction of sp³-hybridized carbons (Fsp3) is 0.250. The van der Waals surface area contributed by atoms with Gasteiger partial charge in [-0.2, -0.15) is 0 Å². The number of amides is 3. The van der Waals surface area contributed by atoms with Gasteiger partial charge in [0.1, 0.15) is 18.1 Å². The van der Waals surface area contributed by atoms with Crippen molar-refractivity contribution in [3.05, 3.63) is 52.9 Å². The highest BCUT2D eigenvalue weighted by Crippen LogP contribution is 2.13. The molecule has 124 valence electrons. The highest BCUT2D eigenvalue weighted by Gasteiger charge is 2.28. The molecule has 1 aromatic carbocycles. The Balaban J connectivity index is 1.64. The molecule has 1 fully saturated rings. The van der Waals surface area contributed by atoms with Gasteiger partial charge in [0.2, 0.25) is 5.91 Å². The Morgan fingerprint density at radius 3 is 2.88 bits per heavy atom. The van der Waals surface area contributed by atoms with Crippen LogP contribution in [0, 0.1) is 6.92 Å². The first-order valence-electron chi connectivity index (χ1n) is 7.29. The number of aryl methyl sites for hydroxylation is 1. The van der Waals surface area contributed by atoms with E-state index in [1.807, 2.05) is 0 Å². The summed E-state index contributed by atoms with van der Waals surface area (Å²) in [6, 6.07) is 7.85. The fourth-order valence-electron chi connectivity index (χ4n) is 2.30. The van der Waals surface area contributed by atoms with E-state index in [9.17, 15) is 14.4 Å². The average Bonchev–Trinajstić information content (AvgIpc) is 3.13. The molecule has 1 aliphatic heterocycles. The minimum Gasteiger partial charge on any atom is -0.455 e. The van der Waals surface area contributed by atoms with Crippen LogP contribution in [0.5, 0.6) is 0 Å². The normalized spacial score (nSPS) is 14.0. The summed E-state index contributed by atoms with van der Waals surface area (Å²) in [7, 11) is 0. The van der Waals surface area contributed by atoms with Crippen molar-refractivity contribution in [1.82, 2.24) is 15.4 Å². The van der Waals surface area contributed by atoms with Gasteiger partial charge in [-0.15, -0.1) is 0 Å². The van der Waals surface area contributed by atoms with Gasteiger partial charge in [-0.3, -0.25) is 9.69 Å². The molecule has 24 heavy (non-hydrogen) atoms. The van der Waals surface area contributed by atoms with E-state index in [-0.39, 0.29) is 25.6 Å². The van der Waals surface area contributed by atoms with E-state index in [1.165, 1.54) is 0 Å². The number of benzene rings is 1. The van der Waals surface area contributed by atoms with Gasteiger partial charge < -0.3 is 14.6 Å². The molecule has 1 aromatic heterocycles. The third-order valence-corrected chi connectivity index (χ3v) is 3.47. The van der Waals surface area contributed by atoms with Crippen molar-refractivity contribution in [3.8, 4) is 0 Å². The van der Waals surface area contributed by atoms with E-state index in [1.54, 1.807) is 37.3 Å². The molecule has 0 saturated carbocycles. The number of esters is 1. The standard InChI is InChI=1S/C16H15N3O5/c1-10-5-13(18-24-10)9-23-15(21)12-4-2-3-11(6-12)8-19-14(20)7-17-16(19)22/h2-6H,7-9H2,1H3,(H,17,22). The van der Waals surface area contributed by atoms with Crippen molar-refractivity contribution >= 4 is 17.9 Å². The third kappa shape index (κ3) is 3.43. The maximum Gasteiger partial charge on any atom is 0.338 e. The maximum atomic E-state index is 12.1. The number of urea groups is 1. The molecule has 0 radical (unpaired) electrons. The zero-order valence-electron chi connectivity index (χ0n) is 12.9. The van der Waals surface area contributed by atoms with Gasteiger partial charge in [0.25, 0.3) is 0 Å². The fourth-order valence-corrected chi connectivity index (χ4v) is 2.30. The zero-order valence-corrected chi connectivity index (χ0v) is 12.9. The van der Waals surface area contributed by atoms with Crippen molar-refractivity contribution in [1.29, 1.82) is 0 Å². The van der Waals surface area contributed by atoms with Gasteiger partial charge in [-0.05, 0) is 24.6 Å². The summed E-state index contributed by atoms with van der Waals surface area (Å²) in [6.45, 7) is 1.86. The van der Waals surface area contributed by atoms with Crippen molar-refractivity contribution in [3.63, 3.8) is 0 Å². The predicted octanol–water partition coefficient (Wildman–Crippen LogP) is 1.39. The first-order valence-corrected chi connectivity index (χ1v) is 7.29. The van der Waals surface area contributed by atoms with Crippen molar-refractivity contribution < 1.29 is 23.6 Å². The molecular weight excluding hydrogens is 314 g/mol. The van der Waals surface area contributed by atoms with Crippen LogP contribution in [-0.4, -0.2) is 34.5 Å². The Kier molecular flexibility index (Phi) is 4.28. The molecule has 1 saturated heterocycles. The number of carbonyl (C=O) groups is 3. The van der Waals surface area contributed by atoms with Crippen LogP contribution in [-0.2, 0) is 22.7 Å². The molecule has 0 unspecified atom stereocenters. The van der Waals surface area contributed by atoms with Gasteiger partial charge in [-0.25, -0.2) is 9.59 Å². The lowest BCUT2D eigenvalue weighted by atomic mass is 10.1. The Hall–Kier alpha value is -3.16. The molecule has 8 heteroatoms. The zero-order chi connectivity index (χ0) is 17.1. The SMILES string of the molecule is Cc1cc(COC(=O)c2cccc(CN3C(=O)CNC3=O)c2)no1. The van der Waals surface area contributed by atoms with E-state index in [2.05, 4.69) is 10.5 Å². The summed E-state index contributed by atoms with van der Waals surface area (Å²) < 4.78 is 10.1. The molecule has 0 atom stereocenters. The number of carbonyl (C=O) groups excluding carboxylic acids is 3. The maximum absolute atomic E-state index is 12.1. The summed E-state index contributed by atoms with van der Waals surface area (Å²) in [6.07, 6.45) is 0. The minimum atomic E-state index is -0.519. The lowest BCUT2D eigenvalue weighted by Crippen LogP contribution is -2.30. The van der Waals surface area contributed by atoms with E-state index in [0.29, 0.717) is 22.6 Å². The number of hydrogen-bond donors (Lipinski definition) is 1. The van der Waals surface area contributed by atoms with Crippen LogP contribution in [0.3, 0.4) is 0 Å². The minimum absolute atomic E-state index is 0.00230. The van der Waals surface area contributed by atoms with Crippen LogP contribution >= 0.6 is 0 Å². The second-order valence-electron chi connectivity index (χ2n) is 5.34. The van der Waals surface area contributed by atoms with Crippen molar-refractivity contribution in [2.75, 3.05) is 6.54 Å². The molecule has 8 nitrogen and oxygen atoms in total. The monoisotopic (exact) mass is 329 g/mol. The average molecular weight is 329 g/mol. The summed E-state index contributed by atoms with van der Waals surface area (Å²) in [5.41, 5.74) is 1.52. The quantitative estimate of drug-likeness (QED) is 0.657. The first-order chi connectivity index (χ1) is 11.5. The molecule has 3 amide bonds. The van der Waals surface area contributed by atoms with Gasteiger partial charge in [-0.1, -0.05) is 17.3 Å². The van der Waals surface area contributed by atoms with Crippen LogP contribution in [0.1, 0.15) is 27.4 Å².